The Hall–Kier alpha value is -8.55. The van der Waals surface area contributed by atoms with Crippen LogP contribution < -0.4 is 26.6 Å². The highest BCUT2D eigenvalue weighted by molar-refractivity contribution is 5.91. The van der Waals surface area contributed by atoms with Gasteiger partial charge in [0.05, 0.1) is 79.9 Å². The highest BCUT2D eigenvalue weighted by Gasteiger charge is 2.41. The van der Waals surface area contributed by atoms with Gasteiger partial charge in [-0.15, -0.1) is 0 Å². The number of likely N-dealkylation sites (tertiary alicyclic amines) is 1. The molecule has 6 aromatic rings. The van der Waals surface area contributed by atoms with Gasteiger partial charge in [0.2, 0.25) is 17.7 Å². The molecule has 544 valence electrons. The second-order valence-corrected chi connectivity index (χ2v) is 28.9. The van der Waals surface area contributed by atoms with Crippen LogP contribution in [0.3, 0.4) is 0 Å². The average molecular weight is 1400 g/mol. The van der Waals surface area contributed by atoms with Crippen molar-refractivity contribution in [1.82, 2.24) is 70.6 Å². The van der Waals surface area contributed by atoms with Gasteiger partial charge in [-0.2, -0.15) is 29.3 Å². The van der Waals surface area contributed by atoms with Crippen molar-refractivity contribution < 1.29 is 74.4 Å². The predicted molar refractivity (Wildman–Crippen MR) is 359 cm³/mol. The Morgan fingerprint density at radius 3 is 1.16 bits per heavy atom. The van der Waals surface area contributed by atoms with E-state index in [1.807, 2.05) is 100 Å². The molecule has 4 aliphatic heterocycles. The van der Waals surface area contributed by atoms with Gasteiger partial charge >= 0.3 is 18.1 Å². The Labute approximate surface area is 577 Å². The summed E-state index contributed by atoms with van der Waals surface area (Å²) in [5.74, 6) is -6.74. The van der Waals surface area contributed by atoms with Gasteiger partial charge in [0.25, 0.3) is 0 Å². The van der Waals surface area contributed by atoms with Gasteiger partial charge in [-0.1, -0.05) is 62.3 Å². The molecular formula is C70H92F6N14O10. The molecular weight excluding hydrogens is 1310 g/mol. The number of carbonyl (C=O) groups is 6. The monoisotopic (exact) mass is 1400 g/mol. The quantitative estimate of drug-likeness (QED) is 0.0396. The molecule has 0 aliphatic carbocycles. The van der Waals surface area contributed by atoms with E-state index >= 15 is 0 Å². The summed E-state index contributed by atoms with van der Waals surface area (Å²) in [6, 6.07) is 6.25. The molecule has 0 saturated carbocycles. The van der Waals surface area contributed by atoms with Gasteiger partial charge in [-0.05, 0) is 118 Å². The Morgan fingerprint density at radius 1 is 0.510 bits per heavy atom. The lowest BCUT2D eigenvalue weighted by molar-refractivity contribution is -0.135. The number of benzene rings is 3. The summed E-state index contributed by atoms with van der Waals surface area (Å²) >= 11 is 0. The number of hydrogen-bond acceptors (Lipinski definition) is 15. The van der Waals surface area contributed by atoms with Crippen molar-refractivity contribution >= 4 is 35.8 Å². The number of ether oxygens (including phenoxy) is 3. The Bertz CT molecular complexity index is 3950. The van der Waals surface area contributed by atoms with Crippen molar-refractivity contribution in [2.75, 3.05) is 87.3 Å². The maximum atomic E-state index is 13.9. The zero-order valence-electron chi connectivity index (χ0n) is 58.9. The molecule has 3 aromatic heterocycles. The second-order valence-electron chi connectivity index (χ2n) is 28.9. The first-order valence-electron chi connectivity index (χ1n) is 33.2. The first kappa shape index (κ1) is 77.2. The molecule has 100 heavy (non-hydrogen) atoms. The molecule has 6 N–H and O–H groups in total. The van der Waals surface area contributed by atoms with Crippen LogP contribution in [-0.2, 0) is 67.7 Å². The highest BCUT2D eigenvalue weighted by atomic mass is 19.2. The Kier molecular flexibility index (Phi) is 25.4. The number of likely N-dealkylation sites (N-methyl/N-ethyl adjacent to an activating group) is 1. The lowest BCUT2D eigenvalue weighted by Gasteiger charge is -2.33. The molecule has 0 spiro atoms. The van der Waals surface area contributed by atoms with Crippen LogP contribution in [0.4, 0.5) is 40.7 Å². The van der Waals surface area contributed by atoms with Gasteiger partial charge in [-0.25, -0.2) is 40.7 Å². The second kappa shape index (κ2) is 32.8. The fraction of sp³-hybridized carbons (Fsp3) is 0.529. The summed E-state index contributed by atoms with van der Waals surface area (Å²) in [5.41, 5.74) is 4.12. The molecule has 30 heteroatoms. The summed E-state index contributed by atoms with van der Waals surface area (Å²) in [5, 5.41) is 37.3. The summed E-state index contributed by atoms with van der Waals surface area (Å²) in [6.07, 6.45) is 1.98. The summed E-state index contributed by atoms with van der Waals surface area (Å²) in [6.45, 7) is 21.6. The lowest BCUT2D eigenvalue weighted by atomic mass is 9.86. The van der Waals surface area contributed by atoms with Crippen LogP contribution in [0.5, 0.6) is 0 Å². The van der Waals surface area contributed by atoms with Gasteiger partial charge in [0, 0.05) is 85.4 Å². The van der Waals surface area contributed by atoms with E-state index in [4.69, 9.17) is 14.2 Å². The maximum Gasteiger partial charge on any atom is 0.343 e. The third-order valence-electron chi connectivity index (χ3n) is 17.2. The molecule has 1 fully saturated rings. The molecule has 7 heterocycles. The molecule has 0 bridgehead atoms. The van der Waals surface area contributed by atoms with Crippen LogP contribution in [-0.4, -0.2) is 196 Å². The fourth-order valence-corrected chi connectivity index (χ4v) is 11.7. The van der Waals surface area contributed by atoms with E-state index in [9.17, 15) is 60.2 Å². The molecule has 24 nitrogen and oxygen atoms in total. The summed E-state index contributed by atoms with van der Waals surface area (Å²) < 4.78 is 102. The molecule has 0 unspecified atom stereocenters. The van der Waals surface area contributed by atoms with Crippen molar-refractivity contribution in [1.29, 1.82) is 0 Å². The molecule has 3 aromatic carbocycles. The van der Waals surface area contributed by atoms with Crippen LogP contribution in [0.1, 0.15) is 109 Å². The van der Waals surface area contributed by atoms with E-state index in [0.717, 1.165) is 49.4 Å². The molecule has 10 rings (SSSR count). The SMILES string of the molecule is CC(C)(C)[C@H](NC(=O)n1nc(-c2ccc(F)c(F)c2)c2c1CCOC2)C(=O)N1CC[C@H](O)C1.CN(C)CCCNC(=O)[C@@H](NC(=O)n1nc(-c2ccc(F)c(F)c2)c2c1CCOC2)C(C)(C)C.CN(C)CCNC(=O)[C@@H](NC(=O)n1nc(-c2ccc(F)c(F)c2)c2c1CCOC2)C(C)(C)C. The van der Waals surface area contributed by atoms with Crippen molar-refractivity contribution in [3.8, 4) is 33.8 Å². The number of carbonyl (C=O) groups excluding carboxylic acids is 6. The zero-order valence-corrected chi connectivity index (χ0v) is 58.9. The first-order chi connectivity index (χ1) is 47.0. The topological polar surface area (TPSA) is 274 Å². The minimum Gasteiger partial charge on any atom is -0.391 e. The lowest BCUT2D eigenvalue weighted by Crippen LogP contribution is -2.55. The smallest absolute Gasteiger partial charge is 0.343 e. The van der Waals surface area contributed by atoms with Gasteiger partial charge in [0.1, 0.15) is 18.1 Å². The van der Waals surface area contributed by atoms with Gasteiger partial charge in [-0.3, -0.25) is 14.4 Å². The van der Waals surface area contributed by atoms with Crippen molar-refractivity contribution in [2.45, 2.75) is 138 Å². The number of fused-ring (bicyclic) bond motifs is 3. The number of aromatic nitrogens is 6. The highest BCUT2D eigenvalue weighted by Crippen LogP contribution is 2.35. The predicted octanol–water partition coefficient (Wildman–Crippen LogP) is 7.96. The zero-order chi connectivity index (χ0) is 73.3. The van der Waals surface area contributed by atoms with Gasteiger partial charge in [0.15, 0.2) is 34.9 Å². The third kappa shape index (κ3) is 19.1. The number of nitrogens with one attached hydrogen (secondary N) is 5. The number of aliphatic hydroxyl groups is 1. The fourth-order valence-electron chi connectivity index (χ4n) is 11.7. The van der Waals surface area contributed by atoms with Crippen LogP contribution in [0.2, 0.25) is 0 Å². The molecule has 6 amide bonds. The van der Waals surface area contributed by atoms with Gasteiger partial charge < -0.3 is 60.6 Å². The van der Waals surface area contributed by atoms with Crippen molar-refractivity contribution in [2.24, 2.45) is 16.2 Å². The van der Waals surface area contributed by atoms with Crippen LogP contribution in [0.25, 0.3) is 33.8 Å². The molecule has 4 atom stereocenters. The Morgan fingerprint density at radius 2 is 0.850 bits per heavy atom. The number of hydrogen-bond donors (Lipinski definition) is 6. The van der Waals surface area contributed by atoms with E-state index in [2.05, 4.69) is 41.9 Å². The van der Waals surface area contributed by atoms with Crippen LogP contribution in [0, 0.1) is 51.1 Å². The number of nitrogens with zero attached hydrogens (tertiary/aromatic N) is 9. The van der Waals surface area contributed by atoms with Crippen molar-refractivity contribution in [3.05, 3.63) is 123 Å². The van der Waals surface area contributed by atoms with E-state index in [-0.39, 0.29) is 44.1 Å². The minimum atomic E-state index is -1.01. The maximum absolute atomic E-state index is 13.9. The number of amides is 6. The minimum absolute atomic E-state index is 0.185. The number of rotatable bonds is 16. The van der Waals surface area contributed by atoms with E-state index in [0.29, 0.717) is 139 Å². The normalized spacial score (nSPS) is 16.2. The standard InChI is InChI=1S/C24H33F2N5O3.C23H31F2N5O3.C23H28F2N4O4/c1-24(2,3)21(22(32)27-10-6-11-30(4)5)28-23(33)31-19-9-12-34-14-16(19)20(29-31)15-7-8-17(25)18(26)13-15;1-23(2,3)20(21(31)26-9-10-29(4)5)27-22(32)30-18-8-11-33-13-15(18)19(28-30)14-6-7-16(24)17(25)12-14;1-23(2,3)20(21(31)28-8-6-14(30)11-28)26-22(32)29-18-7-9-33-12-15(18)19(27-29)13-4-5-16(24)17(25)10-13/h7-8,13,21H,6,9-12,14H2,1-5H3,(H,27,32)(H,28,33);6-7,12,20H,8-11,13H2,1-5H3,(H,26,31)(H,27,32);4-5,10,14,20,30H,6-9,11-12H2,1-3H3,(H,26,32)/t21-;20-;14-,20+/m110/s1. The van der Waals surface area contributed by atoms with E-state index in [1.54, 1.807) is 4.90 Å². The van der Waals surface area contributed by atoms with Crippen LogP contribution >= 0.6 is 0 Å². The number of β-amino-alcohol motifs (C(OH)–C–C–N with tert-alkyl or cyclic N) is 1. The largest absolute Gasteiger partial charge is 0.391 e. The summed E-state index contributed by atoms with van der Waals surface area (Å²) in [7, 11) is 7.74. The number of aliphatic hydroxyl groups excluding tert-OH is 1. The third-order valence-corrected chi connectivity index (χ3v) is 17.2. The molecule has 0 radical (unpaired) electrons. The Balaban J connectivity index is 0.000000191. The van der Waals surface area contributed by atoms with E-state index < -0.39 is 93.5 Å². The first-order valence-corrected chi connectivity index (χ1v) is 33.2. The van der Waals surface area contributed by atoms with Crippen molar-refractivity contribution in [3.63, 3.8) is 0 Å². The molecule has 1 saturated heterocycles. The van der Waals surface area contributed by atoms with Crippen LogP contribution in [0.15, 0.2) is 54.6 Å². The number of halogens is 6. The molecule has 4 aliphatic rings. The van der Waals surface area contributed by atoms with E-state index in [1.165, 1.54) is 32.2 Å². The summed E-state index contributed by atoms with van der Waals surface area (Å²) in [4.78, 5) is 84.3. The average Bonchev–Trinajstić information content (AvgIpc) is 1.63.